The molecule has 14 heteroatoms. The zero-order chi connectivity index (χ0) is 23.0. The second kappa shape index (κ2) is 8.57. The molecule has 30 heavy (non-hydrogen) atoms. The number of nitro groups is 1. The van der Waals surface area contributed by atoms with Gasteiger partial charge in [0.1, 0.15) is 11.3 Å². The lowest BCUT2D eigenvalue weighted by Gasteiger charge is -2.42. The average Bonchev–Trinajstić information content (AvgIpc) is 2.60. The Balaban J connectivity index is 2.42. The number of carbonyl (C=O) groups is 1. The van der Waals surface area contributed by atoms with Crippen molar-refractivity contribution in [2.24, 2.45) is 0 Å². The van der Waals surface area contributed by atoms with Crippen LogP contribution < -0.4 is 4.90 Å². The van der Waals surface area contributed by atoms with Crippen LogP contribution >= 0.6 is 15.9 Å². The van der Waals surface area contributed by atoms with Gasteiger partial charge in [0.15, 0.2) is 0 Å². The summed E-state index contributed by atoms with van der Waals surface area (Å²) < 4.78 is 78.5. The van der Waals surface area contributed by atoms with Gasteiger partial charge in [-0.15, -0.1) is 0 Å². The molecular formula is C16H17BrF6N4O3. The summed E-state index contributed by atoms with van der Waals surface area (Å²) in [6, 6.07) is 1.07. The highest BCUT2D eigenvalue weighted by Gasteiger charge is 2.44. The molecule has 0 radical (unpaired) electrons. The van der Waals surface area contributed by atoms with Crippen molar-refractivity contribution < 1.29 is 36.1 Å². The molecule has 1 saturated heterocycles. The second-order valence-electron chi connectivity index (χ2n) is 6.81. The number of likely N-dealkylation sites (N-methyl/N-ethyl adjacent to an activating group) is 2. The summed E-state index contributed by atoms with van der Waals surface area (Å²) in [5.74, 6) is -2.09. The van der Waals surface area contributed by atoms with Crippen LogP contribution in [0.4, 0.5) is 37.7 Å². The third-order valence-corrected chi connectivity index (χ3v) is 5.41. The Morgan fingerprint density at radius 3 is 2.37 bits per heavy atom. The van der Waals surface area contributed by atoms with E-state index in [2.05, 4.69) is 15.9 Å². The average molecular weight is 507 g/mol. The van der Waals surface area contributed by atoms with Gasteiger partial charge in [0.2, 0.25) is 0 Å². The first kappa shape index (κ1) is 24.2. The quantitative estimate of drug-likeness (QED) is 0.355. The highest BCUT2D eigenvalue weighted by atomic mass is 79.9. The topological polar surface area (TPSA) is 69.9 Å². The van der Waals surface area contributed by atoms with Crippen LogP contribution in [-0.2, 0) is 11.0 Å². The van der Waals surface area contributed by atoms with Crippen molar-refractivity contribution in [2.45, 2.75) is 18.4 Å². The van der Waals surface area contributed by atoms with Crippen LogP contribution in [0.5, 0.6) is 0 Å². The van der Waals surface area contributed by atoms with E-state index in [0.717, 1.165) is 24.1 Å². The Labute approximate surface area is 175 Å². The number of piperazine rings is 1. The molecular weight excluding hydrogens is 490 g/mol. The Kier molecular flexibility index (Phi) is 6.91. The fraction of sp³-hybridized carbons (Fsp3) is 0.562. The van der Waals surface area contributed by atoms with Crippen LogP contribution in [0, 0.1) is 10.1 Å². The maximum atomic E-state index is 13.7. The largest absolute Gasteiger partial charge is 0.471 e. The molecule has 1 heterocycles. The van der Waals surface area contributed by atoms with E-state index in [4.69, 9.17) is 0 Å². The fourth-order valence-electron chi connectivity index (χ4n) is 3.25. The number of alkyl halides is 6. The van der Waals surface area contributed by atoms with Gasteiger partial charge in [-0.1, -0.05) is 15.9 Å². The van der Waals surface area contributed by atoms with Gasteiger partial charge in [-0.3, -0.25) is 19.8 Å². The van der Waals surface area contributed by atoms with Crippen molar-refractivity contribution in [1.82, 2.24) is 9.80 Å². The molecule has 0 saturated carbocycles. The molecule has 0 aliphatic carbocycles. The summed E-state index contributed by atoms with van der Waals surface area (Å²) in [5, 5.41) is 11.4. The van der Waals surface area contributed by atoms with E-state index in [1.54, 1.807) is 11.9 Å². The van der Waals surface area contributed by atoms with Crippen LogP contribution in [0.3, 0.4) is 0 Å². The van der Waals surface area contributed by atoms with Crippen molar-refractivity contribution in [3.05, 3.63) is 32.3 Å². The molecule has 168 valence electrons. The third-order valence-electron chi connectivity index (χ3n) is 4.75. The van der Waals surface area contributed by atoms with E-state index in [-0.39, 0.29) is 19.6 Å². The monoisotopic (exact) mass is 506 g/mol. The van der Waals surface area contributed by atoms with Gasteiger partial charge < -0.3 is 9.80 Å². The highest BCUT2D eigenvalue weighted by Crippen LogP contribution is 2.46. The molecule has 1 aromatic carbocycles. The lowest BCUT2D eigenvalue weighted by molar-refractivity contribution is -0.384. The normalized spacial score (nSPS) is 18.4. The summed E-state index contributed by atoms with van der Waals surface area (Å²) in [5.41, 5.74) is -2.67. The maximum Gasteiger partial charge on any atom is 0.471 e. The molecule has 0 N–H and O–H groups in total. The summed E-state index contributed by atoms with van der Waals surface area (Å²) in [4.78, 5) is 25.0. The molecule has 1 fully saturated rings. The fourth-order valence-corrected chi connectivity index (χ4v) is 3.80. The zero-order valence-electron chi connectivity index (χ0n) is 15.7. The minimum absolute atomic E-state index is 0.0235. The molecule has 1 amide bonds. The Morgan fingerprint density at radius 2 is 1.87 bits per heavy atom. The van der Waals surface area contributed by atoms with Gasteiger partial charge in [0, 0.05) is 49.8 Å². The molecule has 1 atom stereocenters. The van der Waals surface area contributed by atoms with E-state index in [1.807, 2.05) is 0 Å². The summed E-state index contributed by atoms with van der Waals surface area (Å²) >= 11 is 2.78. The number of halogens is 7. The number of anilines is 1. The Bertz CT molecular complexity index is 832. The van der Waals surface area contributed by atoms with Crippen molar-refractivity contribution in [2.75, 3.05) is 45.2 Å². The van der Waals surface area contributed by atoms with E-state index in [0.29, 0.717) is 4.90 Å². The lowest BCUT2D eigenvalue weighted by Crippen LogP contribution is -2.57. The number of hydrogen-bond donors (Lipinski definition) is 0. The van der Waals surface area contributed by atoms with E-state index < -0.39 is 57.2 Å². The van der Waals surface area contributed by atoms with Crippen LogP contribution in [0.1, 0.15) is 5.56 Å². The van der Waals surface area contributed by atoms with Crippen molar-refractivity contribution >= 4 is 33.2 Å². The molecule has 0 spiro atoms. The zero-order valence-corrected chi connectivity index (χ0v) is 17.3. The number of carbonyl (C=O) groups excluding carboxylic acids is 1. The summed E-state index contributed by atoms with van der Waals surface area (Å²) in [7, 11) is 2.49. The van der Waals surface area contributed by atoms with Crippen LogP contribution in [-0.4, -0.2) is 73.1 Å². The van der Waals surface area contributed by atoms with E-state index >= 15 is 0 Å². The molecule has 0 aromatic heterocycles. The van der Waals surface area contributed by atoms with E-state index in [1.165, 1.54) is 0 Å². The molecule has 0 bridgehead atoms. The Morgan fingerprint density at radius 1 is 1.27 bits per heavy atom. The van der Waals surface area contributed by atoms with Crippen molar-refractivity contribution in [3.8, 4) is 0 Å². The smallest absolute Gasteiger partial charge is 0.363 e. The molecule has 0 unspecified atom stereocenters. The standard InChI is InChI=1S/C16H17BrF6N4O3/c1-24-5-6-26(8-9(24)7-25(2)14(28)16(21,22)23)13-11(27(29)30)4-3-10(17)12(13)15(18,19)20/h3-4,9H,5-8H2,1-2H3/t9-/m0/s1. The molecule has 1 aliphatic rings. The molecule has 2 rings (SSSR count). The number of hydrogen-bond acceptors (Lipinski definition) is 5. The first-order valence-corrected chi connectivity index (χ1v) is 9.25. The number of rotatable bonds is 4. The van der Waals surface area contributed by atoms with Crippen LogP contribution in [0.2, 0.25) is 0 Å². The SMILES string of the molecule is CN(C[C@H]1CN(c2c([N+](=O)[O-])ccc(Br)c2C(F)(F)F)CCN1C)C(=O)C(F)(F)F. The number of nitrogens with zero attached hydrogens (tertiary/aromatic N) is 4. The van der Waals surface area contributed by atoms with Gasteiger partial charge in [-0.05, 0) is 13.1 Å². The third kappa shape index (κ3) is 5.14. The predicted molar refractivity (Wildman–Crippen MR) is 98.1 cm³/mol. The van der Waals surface area contributed by atoms with E-state index in [9.17, 15) is 41.3 Å². The Hall–Kier alpha value is -2.09. The minimum atomic E-state index is -5.09. The van der Waals surface area contributed by atoms with Gasteiger partial charge in [0.25, 0.3) is 5.69 Å². The van der Waals surface area contributed by atoms with Crippen molar-refractivity contribution in [1.29, 1.82) is 0 Å². The van der Waals surface area contributed by atoms with Gasteiger partial charge in [-0.2, -0.15) is 26.3 Å². The second-order valence-corrected chi connectivity index (χ2v) is 7.66. The molecule has 7 nitrogen and oxygen atoms in total. The molecule has 1 aliphatic heterocycles. The number of nitro benzene ring substituents is 1. The van der Waals surface area contributed by atoms with Crippen molar-refractivity contribution in [3.63, 3.8) is 0 Å². The number of amides is 1. The maximum absolute atomic E-state index is 13.7. The summed E-state index contributed by atoms with van der Waals surface area (Å²) in [6.45, 7) is -0.565. The minimum Gasteiger partial charge on any atom is -0.363 e. The van der Waals surface area contributed by atoms with Gasteiger partial charge in [-0.25, -0.2) is 0 Å². The number of benzene rings is 1. The lowest BCUT2D eigenvalue weighted by atomic mass is 10.1. The first-order chi connectivity index (χ1) is 13.6. The summed E-state index contributed by atoms with van der Waals surface area (Å²) in [6.07, 6.45) is -10.0. The molecule has 1 aromatic rings. The van der Waals surface area contributed by atoms with Crippen LogP contribution in [0.15, 0.2) is 16.6 Å². The highest BCUT2D eigenvalue weighted by molar-refractivity contribution is 9.10. The van der Waals surface area contributed by atoms with Crippen LogP contribution in [0.25, 0.3) is 0 Å². The first-order valence-electron chi connectivity index (χ1n) is 8.46. The van der Waals surface area contributed by atoms with Gasteiger partial charge >= 0.3 is 18.3 Å². The predicted octanol–water partition coefficient (Wildman–Crippen LogP) is 3.52. The van der Waals surface area contributed by atoms with Gasteiger partial charge in [0.05, 0.1) is 4.92 Å².